The lowest BCUT2D eigenvalue weighted by atomic mass is 9.65. The van der Waals surface area contributed by atoms with E-state index in [9.17, 15) is 14.0 Å². The molecule has 2 aliphatic rings. The largest absolute Gasteiger partial charge is 0.465 e. The fourth-order valence-electron chi connectivity index (χ4n) is 4.10. The zero-order valence-corrected chi connectivity index (χ0v) is 15.0. The first kappa shape index (κ1) is 19.7. The first-order valence-corrected chi connectivity index (χ1v) is 8.44. The predicted molar refractivity (Wildman–Crippen MR) is 95.1 cm³/mol. The minimum Gasteiger partial charge on any atom is -0.465 e. The van der Waals surface area contributed by atoms with Gasteiger partial charge in [0.05, 0.1) is 18.4 Å². The number of hydrogen-bond acceptors (Lipinski definition) is 4. The number of benzene rings is 1. The molecule has 1 aromatic rings. The van der Waals surface area contributed by atoms with E-state index in [0.717, 1.165) is 31.7 Å². The summed E-state index contributed by atoms with van der Waals surface area (Å²) in [4.78, 5) is 24.1. The normalized spacial score (nSPS) is 27.8. The third kappa shape index (κ3) is 4.12. The fourth-order valence-corrected chi connectivity index (χ4v) is 4.10. The number of hydrogen-bond donors (Lipinski definition) is 2. The molecule has 2 atom stereocenters. The number of esters is 1. The Morgan fingerprint density at radius 2 is 1.88 bits per heavy atom. The second kappa shape index (κ2) is 8.15. The van der Waals surface area contributed by atoms with Crippen LogP contribution >= 0.6 is 12.4 Å². The molecule has 25 heavy (non-hydrogen) atoms. The molecular formula is C18H24ClFN2O3. The molecule has 2 aliphatic carbocycles. The van der Waals surface area contributed by atoms with Gasteiger partial charge in [-0.05, 0) is 55.7 Å². The van der Waals surface area contributed by atoms with Crippen LogP contribution in [0.3, 0.4) is 0 Å². The highest BCUT2D eigenvalue weighted by molar-refractivity contribution is 5.95. The average Bonchev–Trinajstić information content (AvgIpc) is 2.55. The standard InChI is InChI=1S/C18H23FN2O3.ClH/c1-24-18(23)12-5-6-14(19)15(9-12)21-17(22)13-7-10-3-2-4-11(8-13)16(10)20;/h5-6,9-11,13,16H,2-4,7-8,20H2,1H3,(H,21,22);1H. The van der Waals surface area contributed by atoms with Gasteiger partial charge in [0.1, 0.15) is 5.82 Å². The number of methoxy groups -OCH3 is 1. The maximum Gasteiger partial charge on any atom is 0.337 e. The summed E-state index contributed by atoms with van der Waals surface area (Å²) in [7, 11) is 1.26. The van der Waals surface area contributed by atoms with Crippen molar-refractivity contribution in [3.63, 3.8) is 0 Å². The molecule has 138 valence electrons. The summed E-state index contributed by atoms with van der Waals surface area (Å²) in [6.45, 7) is 0. The van der Waals surface area contributed by atoms with Gasteiger partial charge in [0.25, 0.3) is 0 Å². The number of anilines is 1. The number of nitrogens with one attached hydrogen (secondary N) is 1. The van der Waals surface area contributed by atoms with Gasteiger partial charge < -0.3 is 15.8 Å². The number of carbonyl (C=O) groups is 2. The SMILES string of the molecule is COC(=O)c1ccc(F)c(NC(=O)C2CC3CCCC(C2)C3N)c1.Cl. The highest BCUT2D eigenvalue weighted by atomic mass is 35.5. The zero-order valence-electron chi connectivity index (χ0n) is 14.2. The van der Waals surface area contributed by atoms with Gasteiger partial charge in [-0.1, -0.05) is 6.42 Å². The molecule has 0 saturated heterocycles. The Morgan fingerprint density at radius 3 is 2.48 bits per heavy atom. The monoisotopic (exact) mass is 370 g/mol. The van der Waals surface area contributed by atoms with Crippen LogP contribution in [-0.4, -0.2) is 25.0 Å². The van der Waals surface area contributed by atoms with Crippen LogP contribution in [0.25, 0.3) is 0 Å². The Kier molecular flexibility index (Phi) is 6.41. The third-order valence-corrected chi connectivity index (χ3v) is 5.43. The van der Waals surface area contributed by atoms with Gasteiger partial charge in [-0.2, -0.15) is 0 Å². The maximum absolute atomic E-state index is 14.0. The van der Waals surface area contributed by atoms with Crippen molar-refractivity contribution in [2.75, 3.05) is 12.4 Å². The molecule has 0 spiro atoms. The van der Waals surface area contributed by atoms with Gasteiger partial charge in [0, 0.05) is 12.0 Å². The maximum atomic E-state index is 14.0. The molecule has 2 bridgehead atoms. The Labute approximate surface area is 152 Å². The first-order valence-electron chi connectivity index (χ1n) is 8.44. The van der Waals surface area contributed by atoms with Crippen molar-refractivity contribution < 1.29 is 18.7 Å². The van der Waals surface area contributed by atoms with E-state index < -0.39 is 11.8 Å². The van der Waals surface area contributed by atoms with Crippen LogP contribution in [-0.2, 0) is 9.53 Å². The Hall–Kier alpha value is -1.66. The van der Waals surface area contributed by atoms with Crippen molar-refractivity contribution in [3.05, 3.63) is 29.6 Å². The molecule has 2 saturated carbocycles. The van der Waals surface area contributed by atoms with E-state index in [1.807, 2.05) is 0 Å². The summed E-state index contributed by atoms with van der Waals surface area (Å²) < 4.78 is 18.6. The van der Waals surface area contributed by atoms with Gasteiger partial charge in [-0.15, -0.1) is 12.4 Å². The van der Waals surface area contributed by atoms with Gasteiger partial charge >= 0.3 is 5.97 Å². The summed E-state index contributed by atoms with van der Waals surface area (Å²) in [5.74, 6) is -0.729. The minimum atomic E-state index is -0.566. The van der Waals surface area contributed by atoms with Crippen LogP contribution in [0.15, 0.2) is 18.2 Å². The molecule has 5 nitrogen and oxygen atoms in total. The molecule has 0 aromatic heterocycles. The van der Waals surface area contributed by atoms with Crippen molar-refractivity contribution in [1.82, 2.24) is 0 Å². The number of amides is 1. The van der Waals surface area contributed by atoms with Crippen LogP contribution in [0, 0.1) is 23.6 Å². The lowest BCUT2D eigenvalue weighted by Crippen LogP contribution is -2.48. The molecule has 0 heterocycles. The highest BCUT2D eigenvalue weighted by Crippen LogP contribution is 2.42. The topological polar surface area (TPSA) is 81.4 Å². The quantitative estimate of drug-likeness (QED) is 0.801. The van der Waals surface area contributed by atoms with Crippen molar-refractivity contribution in [3.8, 4) is 0 Å². The van der Waals surface area contributed by atoms with Crippen LogP contribution in [0.5, 0.6) is 0 Å². The molecule has 0 radical (unpaired) electrons. The molecule has 7 heteroatoms. The van der Waals surface area contributed by atoms with Gasteiger partial charge in [0.15, 0.2) is 0 Å². The van der Waals surface area contributed by atoms with Gasteiger partial charge in [0.2, 0.25) is 5.91 Å². The smallest absolute Gasteiger partial charge is 0.337 e. The number of nitrogens with two attached hydrogens (primary N) is 1. The molecule has 3 N–H and O–H groups in total. The van der Waals surface area contributed by atoms with E-state index in [4.69, 9.17) is 5.73 Å². The Balaban J connectivity index is 0.00000225. The molecule has 2 fully saturated rings. The van der Waals surface area contributed by atoms with E-state index in [2.05, 4.69) is 10.1 Å². The highest BCUT2D eigenvalue weighted by Gasteiger charge is 2.40. The summed E-state index contributed by atoms with van der Waals surface area (Å²) >= 11 is 0. The summed E-state index contributed by atoms with van der Waals surface area (Å²) in [5, 5.41) is 2.64. The third-order valence-electron chi connectivity index (χ3n) is 5.43. The molecule has 0 aliphatic heterocycles. The van der Waals surface area contributed by atoms with Gasteiger partial charge in [-0.25, -0.2) is 9.18 Å². The average molecular weight is 371 g/mol. The van der Waals surface area contributed by atoms with E-state index in [1.54, 1.807) is 0 Å². The van der Waals surface area contributed by atoms with Gasteiger partial charge in [-0.3, -0.25) is 4.79 Å². The minimum absolute atomic E-state index is 0. The molecule has 1 aromatic carbocycles. The molecule has 2 unspecified atom stereocenters. The summed E-state index contributed by atoms with van der Waals surface area (Å²) in [5.41, 5.74) is 6.47. The zero-order chi connectivity index (χ0) is 17.3. The number of fused-ring (bicyclic) bond motifs is 2. The van der Waals surface area contributed by atoms with Crippen molar-refractivity contribution in [1.29, 1.82) is 0 Å². The lowest BCUT2D eigenvalue weighted by Gasteiger charge is -2.43. The predicted octanol–water partition coefficient (Wildman–Crippen LogP) is 3.13. The van der Waals surface area contributed by atoms with E-state index >= 15 is 0 Å². The molecule has 1 amide bonds. The number of halogens is 2. The number of ether oxygens (including phenoxy) is 1. The van der Waals surface area contributed by atoms with Crippen LogP contribution in [0.1, 0.15) is 42.5 Å². The van der Waals surface area contributed by atoms with E-state index in [0.29, 0.717) is 11.8 Å². The molecule has 3 rings (SSSR count). The second-order valence-corrected chi connectivity index (χ2v) is 6.87. The van der Waals surface area contributed by atoms with Crippen molar-refractivity contribution in [2.45, 2.75) is 38.1 Å². The first-order chi connectivity index (χ1) is 11.5. The summed E-state index contributed by atoms with van der Waals surface area (Å²) in [6.07, 6.45) is 4.80. The second-order valence-electron chi connectivity index (χ2n) is 6.87. The van der Waals surface area contributed by atoms with E-state index in [1.165, 1.54) is 25.7 Å². The summed E-state index contributed by atoms with van der Waals surface area (Å²) in [6, 6.07) is 3.99. The van der Waals surface area contributed by atoms with Crippen LogP contribution in [0.2, 0.25) is 0 Å². The molecular weight excluding hydrogens is 347 g/mol. The Bertz CT molecular complexity index is 641. The van der Waals surface area contributed by atoms with E-state index in [-0.39, 0.29) is 41.5 Å². The number of carbonyl (C=O) groups excluding carboxylic acids is 2. The van der Waals surface area contributed by atoms with Crippen molar-refractivity contribution in [2.24, 2.45) is 23.5 Å². The Morgan fingerprint density at radius 1 is 1.24 bits per heavy atom. The lowest BCUT2D eigenvalue weighted by molar-refractivity contribution is -0.122. The van der Waals surface area contributed by atoms with Crippen LogP contribution < -0.4 is 11.1 Å². The fraction of sp³-hybridized carbons (Fsp3) is 0.556. The number of rotatable bonds is 3. The van der Waals surface area contributed by atoms with Crippen molar-refractivity contribution >= 4 is 30.0 Å². The van der Waals surface area contributed by atoms with Crippen LogP contribution in [0.4, 0.5) is 10.1 Å².